The van der Waals surface area contributed by atoms with Crippen molar-refractivity contribution in [2.24, 2.45) is 0 Å². The van der Waals surface area contributed by atoms with Crippen LogP contribution in [0.5, 0.6) is 5.75 Å². The number of rotatable bonds is 9. The fraction of sp³-hybridized carbons (Fsp3) is 0.417. The second-order valence-electron chi connectivity index (χ2n) is 8.14. The maximum absolute atomic E-state index is 12.3. The number of aromatic nitrogens is 2. The molecule has 7 nitrogen and oxygen atoms in total. The normalized spacial score (nSPS) is 15.1. The Hall–Kier alpha value is -3.11. The van der Waals surface area contributed by atoms with E-state index in [4.69, 9.17) is 4.52 Å². The molecule has 0 radical (unpaired) electrons. The molecule has 1 aliphatic heterocycles. The average molecular weight is 476 g/mol. The number of anilines is 1. The van der Waals surface area contributed by atoms with Gasteiger partial charge in [-0.2, -0.15) is 0 Å². The van der Waals surface area contributed by atoms with Crippen molar-refractivity contribution >= 4 is 5.82 Å². The molecule has 2 aromatic heterocycles. The molecule has 0 spiro atoms. The van der Waals surface area contributed by atoms with Crippen LogP contribution in [0, 0.1) is 0 Å². The summed E-state index contributed by atoms with van der Waals surface area (Å²) in [7, 11) is 0. The van der Waals surface area contributed by atoms with Crippen LogP contribution in [0.25, 0.3) is 11.3 Å². The Morgan fingerprint density at radius 2 is 1.82 bits per heavy atom. The molecule has 3 heterocycles. The number of ether oxygens (including phenoxy) is 1. The van der Waals surface area contributed by atoms with E-state index in [0.29, 0.717) is 23.6 Å². The molecule has 10 heteroatoms. The van der Waals surface area contributed by atoms with Crippen molar-refractivity contribution in [2.45, 2.75) is 19.8 Å². The molecule has 0 atom stereocenters. The van der Waals surface area contributed by atoms with E-state index in [1.165, 1.54) is 24.3 Å². The Kier molecular flexibility index (Phi) is 7.69. The number of hydrogen-bond donors (Lipinski definition) is 0. The summed E-state index contributed by atoms with van der Waals surface area (Å²) in [5, 5.41) is 4.08. The van der Waals surface area contributed by atoms with Crippen molar-refractivity contribution < 1.29 is 22.4 Å². The molecular weight excluding hydrogens is 447 g/mol. The first kappa shape index (κ1) is 24.0. The number of hydrogen-bond acceptors (Lipinski definition) is 7. The van der Waals surface area contributed by atoms with E-state index in [9.17, 15) is 13.2 Å². The Morgan fingerprint density at radius 1 is 1.06 bits per heavy atom. The van der Waals surface area contributed by atoms with Crippen molar-refractivity contribution in [1.82, 2.24) is 19.9 Å². The second kappa shape index (κ2) is 10.9. The van der Waals surface area contributed by atoms with E-state index in [2.05, 4.69) is 36.5 Å². The van der Waals surface area contributed by atoms with Crippen LogP contribution in [0.4, 0.5) is 19.0 Å². The fourth-order valence-corrected chi connectivity index (χ4v) is 3.94. The lowest BCUT2D eigenvalue weighted by Crippen LogP contribution is -2.48. The largest absolute Gasteiger partial charge is 0.573 e. The third-order valence-electron chi connectivity index (χ3n) is 5.85. The van der Waals surface area contributed by atoms with Gasteiger partial charge in [-0.05, 0) is 42.9 Å². The SMILES string of the molecule is CCN(CCN1CCN(c2ccccn2)CC1)Cc1cc(-c2ccc(OC(F)(F)F)cc2)no1. The van der Waals surface area contributed by atoms with Gasteiger partial charge in [-0.15, -0.1) is 13.2 Å². The highest BCUT2D eigenvalue weighted by molar-refractivity contribution is 5.59. The molecule has 1 saturated heterocycles. The maximum Gasteiger partial charge on any atom is 0.573 e. The third kappa shape index (κ3) is 6.71. The highest BCUT2D eigenvalue weighted by Gasteiger charge is 2.31. The lowest BCUT2D eigenvalue weighted by atomic mass is 10.1. The van der Waals surface area contributed by atoms with Crippen LogP contribution in [0.1, 0.15) is 12.7 Å². The summed E-state index contributed by atoms with van der Waals surface area (Å²) in [4.78, 5) is 11.5. The number of likely N-dealkylation sites (N-methyl/N-ethyl adjacent to an activating group) is 1. The zero-order valence-corrected chi connectivity index (χ0v) is 19.0. The van der Waals surface area contributed by atoms with Gasteiger partial charge in [0.25, 0.3) is 0 Å². The van der Waals surface area contributed by atoms with Gasteiger partial charge in [0, 0.05) is 57.1 Å². The van der Waals surface area contributed by atoms with E-state index >= 15 is 0 Å². The molecule has 1 aliphatic rings. The monoisotopic (exact) mass is 475 g/mol. The molecule has 34 heavy (non-hydrogen) atoms. The summed E-state index contributed by atoms with van der Waals surface area (Å²) in [5.41, 5.74) is 1.24. The topological polar surface area (TPSA) is 57.9 Å². The van der Waals surface area contributed by atoms with Gasteiger partial charge in [-0.25, -0.2) is 4.98 Å². The number of halogens is 3. The number of piperazine rings is 1. The van der Waals surface area contributed by atoms with Crippen LogP contribution in [0.3, 0.4) is 0 Å². The van der Waals surface area contributed by atoms with Crippen LogP contribution in [0.2, 0.25) is 0 Å². The third-order valence-corrected chi connectivity index (χ3v) is 5.85. The minimum atomic E-state index is -4.71. The summed E-state index contributed by atoms with van der Waals surface area (Å²) in [6, 6.07) is 13.4. The van der Waals surface area contributed by atoms with Crippen LogP contribution in [-0.4, -0.2) is 72.1 Å². The summed E-state index contributed by atoms with van der Waals surface area (Å²) in [5.74, 6) is 1.48. The molecule has 1 fully saturated rings. The van der Waals surface area contributed by atoms with Gasteiger partial charge in [-0.1, -0.05) is 18.1 Å². The second-order valence-corrected chi connectivity index (χ2v) is 8.14. The minimum absolute atomic E-state index is 0.266. The quantitative estimate of drug-likeness (QED) is 0.458. The predicted molar refractivity (Wildman–Crippen MR) is 122 cm³/mol. The highest BCUT2D eigenvalue weighted by atomic mass is 19.4. The smallest absolute Gasteiger partial charge is 0.406 e. The molecule has 0 saturated carbocycles. The number of nitrogens with zero attached hydrogens (tertiary/aromatic N) is 5. The summed E-state index contributed by atoms with van der Waals surface area (Å²) in [6.45, 7) is 9.37. The van der Waals surface area contributed by atoms with Crippen LogP contribution >= 0.6 is 0 Å². The van der Waals surface area contributed by atoms with E-state index in [0.717, 1.165) is 51.6 Å². The van der Waals surface area contributed by atoms with E-state index in [-0.39, 0.29) is 5.75 Å². The molecule has 0 bridgehead atoms. The number of benzene rings is 1. The first-order valence-electron chi connectivity index (χ1n) is 11.3. The van der Waals surface area contributed by atoms with Gasteiger partial charge in [0.05, 0.1) is 6.54 Å². The first-order chi connectivity index (χ1) is 16.4. The molecule has 0 N–H and O–H groups in total. The summed E-state index contributed by atoms with van der Waals surface area (Å²) < 4.78 is 46.4. The number of pyridine rings is 1. The first-order valence-corrected chi connectivity index (χ1v) is 11.3. The van der Waals surface area contributed by atoms with E-state index < -0.39 is 6.36 Å². The van der Waals surface area contributed by atoms with Crippen molar-refractivity contribution in [3.8, 4) is 17.0 Å². The maximum atomic E-state index is 12.3. The Labute approximate surface area is 196 Å². The van der Waals surface area contributed by atoms with Crippen molar-refractivity contribution in [2.75, 3.05) is 50.7 Å². The highest BCUT2D eigenvalue weighted by Crippen LogP contribution is 2.26. The molecular formula is C24H28F3N5O2. The van der Waals surface area contributed by atoms with Crippen molar-refractivity contribution in [3.05, 3.63) is 60.5 Å². The molecule has 4 rings (SSSR count). The standard InChI is InChI=1S/C24H28F3N5O2/c1-2-30(11-12-31-13-15-32(16-14-31)23-5-3-4-10-28-23)18-21-17-22(29-34-21)19-6-8-20(9-7-19)33-24(25,26)27/h3-10,17H,2,11-16,18H2,1H3. The Morgan fingerprint density at radius 3 is 2.47 bits per heavy atom. The van der Waals surface area contributed by atoms with Gasteiger partial charge in [0.15, 0.2) is 5.76 Å². The molecule has 182 valence electrons. The van der Waals surface area contributed by atoms with Gasteiger partial charge < -0.3 is 14.2 Å². The van der Waals surface area contributed by atoms with Crippen molar-refractivity contribution in [3.63, 3.8) is 0 Å². The van der Waals surface area contributed by atoms with Crippen LogP contribution in [-0.2, 0) is 6.54 Å². The summed E-state index contributed by atoms with van der Waals surface area (Å²) >= 11 is 0. The Bertz CT molecular complexity index is 1020. The fourth-order valence-electron chi connectivity index (χ4n) is 3.94. The van der Waals surface area contributed by atoms with Gasteiger partial charge >= 0.3 is 6.36 Å². The van der Waals surface area contributed by atoms with Gasteiger partial charge in [0.2, 0.25) is 0 Å². The van der Waals surface area contributed by atoms with Crippen LogP contribution in [0.15, 0.2) is 59.3 Å². The zero-order chi connectivity index (χ0) is 24.0. The zero-order valence-electron chi connectivity index (χ0n) is 19.0. The average Bonchev–Trinajstić information content (AvgIpc) is 3.30. The minimum Gasteiger partial charge on any atom is -0.406 e. The Balaban J connectivity index is 1.25. The van der Waals surface area contributed by atoms with Gasteiger partial charge in [0.1, 0.15) is 17.3 Å². The molecule has 0 amide bonds. The molecule has 1 aromatic carbocycles. The summed E-state index contributed by atoms with van der Waals surface area (Å²) in [6.07, 6.45) is -2.88. The molecule has 0 unspecified atom stereocenters. The van der Waals surface area contributed by atoms with E-state index in [1.807, 2.05) is 30.5 Å². The van der Waals surface area contributed by atoms with Crippen molar-refractivity contribution in [1.29, 1.82) is 0 Å². The number of alkyl halides is 3. The molecule has 3 aromatic rings. The van der Waals surface area contributed by atoms with Gasteiger partial charge in [-0.3, -0.25) is 9.80 Å². The van der Waals surface area contributed by atoms with E-state index in [1.54, 1.807) is 0 Å². The lowest BCUT2D eigenvalue weighted by Gasteiger charge is -2.36. The van der Waals surface area contributed by atoms with Crippen LogP contribution < -0.4 is 9.64 Å². The predicted octanol–water partition coefficient (Wildman–Crippen LogP) is 4.28. The molecule has 0 aliphatic carbocycles. The lowest BCUT2D eigenvalue weighted by molar-refractivity contribution is -0.274.